The minimum Gasteiger partial charge on any atom is -0.413 e. The van der Waals surface area contributed by atoms with Crippen LogP contribution in [0.4, 0.5) is 0 Å². The highest BCUT2D eigenvalue weighted by molar-refractivity contribution is 7.79. The number of hydrogen-bond donors (Lipinski definition) is 12. The molecule has 0 radical (unpaired) electrons. The Kier molecular flexibility index (Phi) is 47.9. The lowest BCUT2D eigenvalue weighted by Gasteiger charge is -2.33. The molecule has 0 aromatic heterocycles. The zero-order valence-corrected chi connectivity index (χ0v) is 73.5. The molecular weight excluding hydrogens is 1580 g/mol. The zero-order valence-electron chi connectivity index (χ0n) is 70.8. The second-order valence-corrected chi connectivity index (χ2v) is 36.7. The molecule has 0 aliphatic carbocycles. The van der Waals surface area contributed by atoms with E-state index in [1.807, 2.05) is 72.8 Å². The molecule has 1 heterocycles. The molecule has 120 heavy (non-hydrogen) atoms. The van der Waals surface area contributed by atoms with Gasteiger partial charge in [0.2, 0.25) is 35.4 Å². The van der Waals surface area contributed by atoms with Crippen LogP contribution in [0, 0.1) is 0 Å². The Bertz CT molecular complexity index is 3430. The van der Waals surface area contributed by atoms with Gasteiger partial charge in [0.15, 0.2) is 0 Å². The second-order valence-electron chi connectivity index (χ2n) is 30.5. The first kappa shape index (κ1) is 98.5. The third-order valence-electron chi connectivity index (χ3n) is 20.1. The molecule has 30 heteroatoms. The van der Waals surface area contributed by atoms with E-state index in [1.54, 1.807) is 72.8 Å². The van der Waals surface area contributed by atoms with Crippen molar-refractivity contribution in [3.8, 4) is 34.5 Å². The lowest BCUT2D eigenvalue weighted by Crippen LogP contribution is -2.24. The van der Waals surface area contributed by atoms with Gasteiger partial charge < -0.3 is 93.4 Å². The molecule has 6 amide bonds. The van der Waals surface area contributed by atoms with Crippen molar-refractivity contribution in [3.05, 3.63) is 179 Å². The Morgan fingerprint density at radius 2 is 0.342 bits per heavy atom. The lowest BCUT2D eigenvalue weighted by atomic mass is 10.1. The number of rotatable bonds is 66. The van der Waals surface area contributed by atoms with E-state index in [4.69, 9.17) is 75.1 Å². The Morgan fingerprint density at radius 3 is 0.475 bits per heavy atom. The normalized spacial score (nSPS) is 12.9. The van der Waals surface area contributed by atoms with E-state index >= 15 is 0 Å². The van der Waals surface area contributed by atoms with Crippen LogP contribution in [-0.4, -0.2) is 114 Å². The van der Waals surface area contributed by atoms with Crippen molar-refractivity contribution in [2.75, 3.05) is 78.5 Å². The van der Waals surface area contributed by atoms with Crippen LogP contribution >= 0.6 is 23.0 Å². The summed E-state index contributed by atoms with van der Waals surface area (Å²) in [5.74, 6) is 1.10. The van der Waals surface area contributed by atoms with Gasteiger partial charge in [0.1, 0.15) is 34.5 Å². The highest BCUT2D eigenvalue weighted by Gasteiger charge is 2.49. The van der Waals surface area contributed by atoms with Crippen LogP contribution in [0.5, 0.6) is 34.5 Å². The molecule has 7 rings (SSSR count). The number of aryl methyl sites for hydroxylation is 6. The molecule has 6 aromatic carbocycles. The first-order valence-electron chi connectivity index (χ1n) is 44.0. The third-order valence-corrected chi connectivity index (χ3v) is 28.2. The van der Waals surface area contributed by atoms with E-state index in [9.17, 15) is 28.8 Å². The van der Waals surface area contributed by atoms with Crippen molar-refractivity contribution in [1.29, 1.82) is 0 Å². The second kappa shape index (κ2) is 58.4. The molecule has 0 spiro atoms. The van der Waals surface area contributed by atoms with Crippen LogP contribution in [0.2, 0.25) is 0 Å². The fourth-order valence-electron chi connectivity index (χ4n) is 13.1. The van der Waals surface area contributed by atoms with Crippen LogP contribution in [0.1, 0.15) is 226 Å². The predicted octanol–water partition coefficient (Wildman–Crippen LogP) is 15.7. The van der Waals surface area contributed by atoms with Crippen LogP contribution in [-0.2, 0) is 67.3 Å². The van der Waals surface area contributed by atoms with E-state index < -0.39 is 23.0 Å². The van der Waals surface area contributed by atoms with Crippen LogP contribution in [0.25, 0.3) is 0 Å². The summed E-state index contributed by atoms with van der Waals surface area (Å²) in [6.45, 7) is 7.26. The van der Waals surface area contributed by atoms with Crippen molar-refractivity contribution in [3.63, 3.8) is 0 Å². The highest BCUT2D eigenvalue weighted by Crippen LogP contribution is 2.78. The van der Waals surface area contributed by atoms with E-state index in [2.05, 4.69) is 31.9 Å². The summed E-state index contributed by atoms with van der Waals surface area (Å²) in [6.07, 6.45) is 26.7. The first-order valence-corrected chi connectivity index (χ1v) is 48.6. The largest absolute Gasteiger partial charge is 0.460 e. The van der Waals surface area contributed by atoms with E-state index in [0.717, 1.165) is 187 Å². The number of nitrogens with one attached hydrogen (secondary N) is 6. The van der Waals surface area contributed by atoms with Gasteiger partial charge in [-0.3, -0.25) is 28.8 Å². The summed E-state index contributed by atoms with van der Waals surface area (Å²) >= 11 is 0. The molecule has 6 aromatic rings. The molecule has 1 aliphatic heterocycles. The standard InChI is InChI=1S/C90H138N15O12P3/c91-61-13-1-7-19-67-97-85(106)55-37-73-25-43-79(44-26-73)112-118(113-80-45-27-74(28-46-80)38-56-86(107)98-68-20-8-2-14-62-92)103-119(114-81-47-29-75(30-48-81)39-57-87(108)99-69-21-9-3-15-63-93,115-82-49-31-76(32-50-82)40-58-88(109)100-70-22-10-4-16-64-94)105-120(104-118,116-83-51-33-77(34-52-83)41-59-89(110)101-71-23-11-5-17-65-95)117-84-53-35-78(36-54-84)42-60-90(111)102-72-24-12-6-18-66-96/h25-36,43-54H,1-24,37-42,55-72,91-96H2,(H,97,106)(H,98,107)(H,99,108)(H,100,109)(H,101,110)(H,102,111). The molecule has 0 bridgehead atoms. The zero-order chi connectivity index (χ0) is 85.4. The molecule has 1 aliphatic rings. The quantitative estimate of drug-likeness (QED) is 0.0125. The van der Waals surface area contributed by atoms with Gasteiger partial charge in [-0.25, -0.2) is 0 Å². The summed E-state index contributed by atoms with van der Waals surface area (Å²) in [5.41, 5.74) is 39.4. The average Bonchev–Trinajstić information content (AvgIpc) is 0.729. The van der Waals surface area contributed by atoms with Crippen molar-refractivity contribution < 1.29 is 55.9 Å². The molecule has 18 N–H and O–H groups in total. The summed E-state index contributed by atoms with van der Waals surface area (Å²) in [5, 5.41) is 18.4. The van der Waals surface area contributed by atoms with Gasteiger partial charge in [-0.1, -0.05) is 163 Å². The topological polar surface area (TPSA) is 423 Å². The van der Waals surface area contributed by atoms with Crippen LogP contribution in [0.15, 0.2) is 159 Å². The Labute approximate surface area is 713 Å². The number of carbonyl (C=O) groups excluding carboxylic acids is 6. The SMILES string of the molecule is NCCCCCCNC(=O)CCc1ccc(OP2(Oc3ccc(CCC(=O)NCCCCCCN)cc3)=NP(Oc3ccc(CCC(=O)NCCCCCCN)cc3)(Oc3ccc(CCC(=O)NCCCCCCN)cc3)=NP(Oc3ccc(CCC(=O)NCCCCCCN)cc3)(Oc3ccc(CCC(=O)NCCCCCCN)cc3)=N2)cc1. The van der Waals surface area contributed by atoms with Gasteiger partial charge in [0.25, 0.3) is 0 Å². The van der Waals surface area contributed by atoms with Gasteiger partial charge in [-0.2, -0.15) is 0 Å². The lowest BCUT2D eigenvalue weighted by molar-refractivity contribution is -0.121. The van der Waals surface area contributed by atoms with Crippen LogP contribution in [0.3, 0.4) is 0 Å². The summed E-state index contributed by atoms with van der Waals surface area (Å²) in [6, 6.07) is 43.6. The monoisotopic (exact) mass is 1710 g/mol. The maximum atomic E-state index is 13.3. The van der Waals surface area contributed by atoms with Gasteiger partial charge >= 0.3 is 23.0 Å². The predicted molar refractivity (Wildman–Crippen MR) is 484 cm³/mol. The smallest absolute Gasteiger partial charge is 0.413 e. The fraction of sp³-hybridized carbons (Fsp3) is 0.533. The van der Waals surface area contributed by atoms with E-state index in [-0.39, 0.29) is 108 Å². The number of nitrogens with two attached hydrogens (primary N) is 6. The number of carbonyl (C=O) groups is 6. The maximum absolute atomic E-state index is 13.3. The number of benzene rings is 6. The highest BCUT2D eigenvalue weighted by atomic mass is 31.3. The van der Waals surface area contributed by atoms with Gasteiger partial charge in [-0.15, -0.1) is 0 Å². The van der Waals surface area contributed by atoms with E-state index in [1.165, 1.54) is 0 Å². The average molecular weight is 1720 g/mol. The molecule has 0 saturated heterocycles. The van der Waals surface area contributed by atoms with Gasteiger partial charge in [-0.05, 0) is 261 Å². The third kappa shape index (κ3) is 40.8. The van der Waals surface area contributed by atoms with Crippen molar-refractivity contribution in [2.24, 2.45) is 47.9 Å². The van der Waals surface area contributed by atoms with Crippen molar-refractivity contribution >= 4 is 58.4 Å². The summed E-state index contributed by atoms with van der Waals surface area (Å²) < 4.78 is 61.0. The molecule has 0 fully saturated rings. The minimum absolute atomic E-state index is 0.0675. The minimum atomic E-state index is -4.55. The Morgan fingerprint density at radius 1 is 0.208 bits per heavy atom. The van der Waals surface area contributed by atoms with E-state index in [0.29, 0.717) is 117 Å². The maximum Gasteiger partial charge on any atom is 0.460 e. The summed E-state index contributed by atoms with van der Waals surface area (Å²) in [7, 11) is -13.6. The molecule has 0 atom stereocenters. The van der Waals surface area contributed by atoms with Gasteiger partial charge in [0.05, 0.1) is 0 Å². The molecule has 0 saturated carbocycles. The Balaban J connectivity index is 1.40. The van der Waals surface area contributed by atoms with Crippen molar-refractivity contribution in [1.82, 2.24) is 31.9 Å². The molecule has 660 valence electrons. The number of amides is 6. The molecule has 0 unspecified atom stereocenters. The molecular formula is C90H138N15O12P3. The first-order chi connectivity index (χ1) is 58.5. The van der Waals surface area contributed by atoms with Crippen LogP contribution < -0.4 is 93.4 Å². The Hall–Kier alpha value is -8.61. The fourth-order valence-corrected chi connectivity index (χ4v) is 22.1. The van der Waals surface area contributed by atoms with Gasteiger partial charge in [0, 0.05) is 77.8 Å². The number of nitrogens with zero attached hydrogens (tertiary/aromatic N) is 3. The number of hydrogen-bond acceptors (Lipinski definition) is 21. The van der Waals surface area contributed by atoms with Crippen molar-refractivity contribution in [2.45, 2.75) is 231 Å². The number of unbranched alkanes of at least 4 members (excludes halogenated alkanes) is 18. The summed E-state index contributed by atoms with van der Waals surface area (Å²) in [4.78, 5) is 79.6. The molecule has 27 nitrogen and oxygen atoms in total.